The van der Waals surface area contributed by atoms with Gasteiger partial charge in [0.2, 0.25) is 0 Å². The second-order valence-corrected chi connectivity index (χ2v) is 11.6. The molecule has 0 radical (unpaired) electrons. The van der Waals surface area contributed by atoms with Crippen molar-refractivity contribution in [3.8, 4) is 0 Å². The van der Waals surface area contributed by atoms with Gasteiger partial charge in [0.05, 0.1) is 11.5 Å². The number of ether oxygens (including phenoxy) is 2. The van der Waals surface area contributed by atoms with Crippen LogP contribution in [0.15, 0.2) is 95.9 Å². The van der Waals surface area contributed by atoms with Crippen LogP contribution in [0.5, 0.6) is 0 Å². The Kier molecular flexibility index (Phi) is 8.11. The van der Waals surface area contributed by atoms with Crippen LogP contribution in [0, 0.1) is 0 Å². The van der Waals surface area contributed by atoms with Gasteiger partial charge in [-0.25, -0.2) is 13.2 Å². The lowest BCUT2D eigenvalue weighted by atomic mass is 9.91. The number of rotatable bonds is 11. The Labute approximate surface area is 213 Å². The van der Waals surface area contributed by atoms with Crippen LogP contribution in [0.4, 0.5) is 4.79 Å². The molecule has 2 atom stereocenters. The minimum atomic E-state index is -3.86. The van der Waals surface area contributed by atoms with Crippen molar-refractivity contribution in [2.24, 2.45) is 0 Å². The summed E-state index contributed by atoms with van der Waals surface area (Å²) in [4.78, 5) is 14.8. The average molecular weight is 508 g/mol. The molecule has 0 unspecified atom stereocenters. The highest BCUT2D eigenvalue weighted by Gasteiger charge is 2.53. The van der Waals surface area contributed by atoms with Gasteiger partial charge in [0, 0.05) is 6.61 Å². The summed E-state index contributed by atoms with van der Waals surface area (Å²) in [7, 11) is -3.86. The average Bonchev–Trinajstić information content (AvgIpc) is 3.12. The third-order valence-electron chi connectivity index (χ3n) is 6.45. The third-order valence-corrected chi connectivity index (χ3v) is 8.56. The summed E-state index contributed by atoms with van der Waals surface area (Å²) in [5.74, 6) is 0. The first kappa shape index (κ1) is 25.9. The van der Waals surface area contributed by atoms with E-state index in [1.165, 1.54) is 4.90 Å². The predicted octanol–water partition coefficient (Wildman–Crippen LogP) is 6.15. The minimum Gasteiger partial charge on any atom is -0.441 e. The van der Waals surface area contributed by atoms with E-state index in [-0.39, 0.29) is 11.3 Å². The molecular weight excluding hydrogens is 474 g/mol. The topological polar surface area (TPSA) is 72.9 Å². The number of nitrogens with zero attached hydrogens (tertiary/aromatic N) is 1. The highest BCUT2D eigenvalue weighted by molar-refractivity contribution is 7.92. The number of hydrogen-bond acceptors (Lipinski definition) is 5. The van der Waals surface area contributed by atoms with E-state index in [9.17, 15) is 13.2 Å². The van der Waals surface area contributed by atoms with Gasteiger partial charge in [0.1, 0.15) is 17.0 Å². The van der Waals surface area contributed by atoms with Crippen LogP contribution in [-0.2, 0) is 25.9 Å². The number of carbonyl (C=O) groups is 1. The van der Waals surface area contributed by atoms with Crippen LogP contribution in [0.2, 0.25) is 0 Å². The lowest BCUT2D eigenvalue weighted by Gasteiger charge is -2.34. The van der Waals surface area contributed by atoms with Crippen molar-refractivity contribution < 1.29 is 22.7 Å². The molecule has 1 aliphatic rings. The molecule has 0 aliphatic carbocycles. The van der Waals surface area contributed by atoms with E-state index in [1.807, 2.05) is 74.5 Å². The molecule has 1 amide bonds. The molecule has 1 heterocycles. The van der Waals surface area contributed by atoms with E-state index in [2.05, 4.69) is 0 Å². The van der Waals surface area contributed by atoms with E-state index >= 15 is 0 Å². The SMILES string of the molecule is CC1(C)OC(=O)N([C@H](CCCCOCc2ccccc2)S(=O)(=O)c2ccccc2)[C@@H]1c1ccccc1. The standard InChI is InChI=1S/C29H33NO5S/c1-29(2)27(24-16-8-4-9-17-24)30(28(31)35-29)26(36(32,33)25-18-10-5-11-19-25)20-12-13-21-34-22-23-14-6-3-7-15-23/h3-11,14-19,26-27H,12-13,20-22H2,1-2H3/t26-,27+/m0/s1. The van der Waals surface area contributed by atoms with Crippen molar-refractivity contribution in [2.45, 2.75) is 61.6 Å². The molecule has 0 N–H and O–H groups in total. The highest BCUT2D eigenvalue weighted by atomic mass is 32.2. The molecule has 0 bridgehead atoms. The largest absolute Gasteiger partial charge is 0.441 e. The highest BCUT2D eigenvalue weighted by Crippen LogP contribution is 2.44. The third kappa shape index (κ3) is 5.79. The molecule has 0 aromatic heterocycles. The zero-order valence-corrected chi connectivity index (χ0v) is 21.6. The van der Waals surface area contributed by atoms with Crippen LogP contribution in [0.3, 0.4) is 0 Å². The van der Waals surface area contributed by atoms with Crippen LogP contribution in [0.1, 0.15) is 50.3 Å². The molecule has 0 spiro atoms. The molecule has 7 heteroatoms. The quantitative estimate of drug-likeness (QED) is 0.291. The van der Waals surface area contributed by atoms with Gasteiger partial charge < -0.3 is 9.47 Å². The summed E-state index contributed by atoms with van der Waals surface area (Å²) >= 11 is 0. The van der Waals surface area contributed by atoms with Crippen LogP contribution < -0.4 is 0 Å². The monoisotopic (exact) mass is 507 g/mol. The Morgan fingerprint density at radius 3 is 2.11 bits per heavy atom. The van der Waals surface area contributed by atoms with Gasteiger partial charge in [-0.1, -0.05) is 78.9 Å². The number of hydrogen-bond donors (Lipinski definition) is 0. The summed E-state index contributed by atoms with van der Waals surface area (Å²) in [6.07, 6.45) is 0.923. The molecule has 1 aliphatic heterocycles. The van der Waals surface area contributed by atoms with Gasteiger partial charge in [-0.2, -0.15) is 0 Å². The van der Waals surface area contributed by atoms with Crippen molar-refractivity contribution in [3.05, 3.63) is 102 Å². The van der Waals surface area contributed by atoms with Gasteiger partial charge in [-0.3, -0.25) is 4.90 Å². The zero-order chi connectivity index (χ0) is 25.6. The maximum atomic E-state index is 13.9. The molecule has 6 nitrogen and oxygen atoms in total. The number of cyclic esters (lactones) is 1. The second kappa shape index (κ2) is 11.3. The summed E-state index contributed by atoms with van der Waals surface area (Å²) in [5.41, 5.74) is 1.05. The van der Waals surface area contributed by atoms with E-state index in [4.69, 9.17) is 9.47 Å². The van der Waals surface area contributed by atoms with Gasteiger partial charge in [-0.15, -0.1) is 0 Å². The molecule has 1 saturated heterocycles. The summed E-state index contributed by atoms with van der Waals surface area (Å²) in [6, 6.07) is 27.2. The first-order valence-corrected chi connectivity index (χ1v) is 13.8. The fourth-order valence-corrected chi connectivity index (χ4v) is 6.59. The van der Waals surface area contributed by atoms with Crippen molar-refractivity contribution in [1.82, 2.24) is 4.90 Å². The number of benzene rings is 3. The van der Waals surface area contributed by atoms with E-state index in [1.54, 1.807) is 30.3 Å². The molecule has 0 saturated carbocycles. The molecule has 4 rings (SSSR count). The van der Waals surface area contributed by atoms with E-state index < -0.39 is 32.9 Å². The van der Waals surface area contributed by atoms with E-state index in [0.717, 1.165) is 11.1 Å². The normalized spacial score (nSPS) is 18.1. The Morgan fingerprint density at radius 2 is 1.47 bits per heavy atom. The second-order valence-electron chi connectivity index (χ2n) is 9.54. The van der Waals surface area contributed by atoms with Crippen molar-refractivity contribution in [2.75, 3.05) is 6.61 Å². The molecule has 36 heavy (non-hydrogen) atoms. The van der Waals surface area contributed by atoms with Gasteiger partial charge in [-0.05, 0) is 56.4 Å². The van der Waals surface area contributed by atoms with Gasteiger partial charge >= 0.3 is 6.09 Å². The van der Waals surface area contributed by atoms with Crippen molar-refractivity contribution in [3.63, 3.8) is 0 Å². The van der Waals surface area contributed by atoms with Gasteiger partial charge in [0.15, 0.2) is 9.84 Å². The zero-order valence-electron chi connectivity index (χ0n) is 20.7. The molecule has 190 valence electrons. The molecule has 3 aromatic rings. The van der Waals surface area contributed by atoms with Crippen molar-refractivity contribution in [1.29, 1.82) is 0 Å². The van der Waals surface area contributed by atoms with Crippen LogP contribution in [0.25, 0.3) is 0 Å². The smallest absolute Gasteiger partial charge is 0.412 e. The first-order valence-electron chi connectivity index (χ1n) is 12.3. The Balaban J connectivity index is 1.55. The summed E-state index contributed by atoms with van der Waals surface area (Å²) < 4.78 is 39.3. The first-order chi connectivity index (χ1) is 17.3. The number of sulfone groups is 1. The molecule has 1 fully saturated rings. The van der Waals surface area contributed by atoms with Crippen molar-refractivity contribution >= 4 is 15.9 Å². The summed E-state index contributed by atoms with van der Waals surface area (Å²) in [6.45, 7) is 4.67. The number of amides is 1. The maximum Gasteiger partial charge on any atom is 0.412 e. The van der Waals surface area contributed by atoms with Crippen LogP contribution in [-0.4, -0.2) is 37.0 Å². The Morgan fingerprint density at radius 1 is 0.889 bits per heavy atom. The molecule has 3 aromatic carbocycles. The fourth-order valence-electron chi connectivity index (χ4n) is 4.75. The lowest BCUT2D eigenvalue weighted by Crippen LogP contribution is -2.45. The fraction of sp³-hybridized carbons (Fsp3) is 0.345. The summed E-state index contributed by atoms with van der Waals surface area (Å²) in [5, 5.41) is -1.06. The van der Waals surface area contributed by atoms with E-state index in [0.29, 0.717) is 26.1 Å². The Bertz CT molecular complexity index is 1230. The maximum absolute atomic E-state index is 13.9. The Hall–Kier alpha value is -3.16. The number of carbonyl (C=O) groups excluding carboxylic acids is 1. The minimum absolute atomic E-state index is 0.194. The predicted molar refractivity (Wildman–Crippen MR) is 139 cm³/mol. The number of unbranched alkanes of at least 4 members (excludes halogenated alkanes) is 1. The molecular formula is C29H33NO5S. The van der Waals surface area contributed by atoms with Gasteiger partial charge in [0.25, 0.3) is 0 Å². The lowest BCUT2D eigenvalue weighted by molar-refractivity contribution is 0.0673. The van der Waals surface area contributed by atoms with Crippen LogP contribution >= 0.6 is 0 Å².